The summed E-state index contributed by atoms with van der Waals surface area (Å²) in [4.78, 5) is 0. The molecule has 0 atom stereocenters. The third kappa shape index (κ3) is 3.73. The molecule has 0 saturated carbocycles. The van der Waals surface area contributed by atoms with Crippen molar-refractivity contribution in [3.05, 3.63) is 44.7 Å². The van der Waals surface area contributed by atoms with Gasteiger partial charge in [0, 0.05) is 11.0 Å². The third-order valence-electron chi connectivity index (χ3n) is 2.45. The number of rotatable bonds is 5. The Morgan fingerprint density at radius 2 is 2.10 bits per heavy atom. The standard InChI is InChI=1S/C12H12BrClN2O2S2/c1-15-6-8-4-12(19-7-8)20(17,18)16-9-2-3-10(13)11(14)5-9/h2-5,7,15-16H,6H2,1H3. The lowest BCUT2D eigenvalue weighted by Gasteiger charge is -2.07. The van der Waals surface area contributed by atoms with Crippen LogP contribution in [0.15, 0.2) is 38.3 Å². The van der Waals surface area contributed by atoms with Crippen LogP contribution in [0.3, 0.4) is 0 Å². The molecule has 1 heterocycles. The fraction of sp³-hybridized carbons (Fsp3) is 0.167. The zero-order valence-electron chi connectivity index (χ0n) is 10.5. The molecule has 4 nitrogen and oxygen atoms in total. The van der Waals surface area contributed by atoms with Gasteiger partial charge in [-0.05, 0) is 58.2 Å². The highest BCUT2D eigenvalue weighted by atomic mass is 79.9. The Kier molecular flexibility index (Phi) is 5.09. The Morgan fingerprint density at radius 1 is 1.35 bits per heavy atom. The normalized spacial score (nSPS) is 11.6. The first kappa shape index (κ1) is 15.8. The van der Waals surface area contributed by atoms with E-state index >= 15 is 0 Å². The maximum absolute atomic E-state index is 12.2. The van der Waals surface area contributed by atoms with Crippen LogP contribution >= 0.6 is 38.9 Å². The summed E-state index contributed by atoms with van der Waals surface area (Å²) in [5.41, 5.74) is 1.37. The average Bonchev–Trinajstić information content (AvgIpc) is 2.83. The zero-order valence-corrected chi connectivity index (χ0v) is 14.5. The van der Waals surface area contributed by atoms with Crippen LogP contribution in [0.4, 0.5) is 5.69 Å². The SMILES string of the molecule is CNCc1csc(S(=O)(=O)Nc2ccc(Br)c(Cl)c2)c1. The van der Waals surface area contributed by atoms with E-state index in [9.17, 15) is 8.42 Å². The molecule has 0 fully saturated rings. The van der Waals surface area contributed by atoms with Crippen LogP contribution in [-0.4, -0.2) is 15.5 Å². The number of nitrogens with one attached hydrogen (secondary N) is 2. The van der Waals surface area contributed by atoms with E-state index in [1.807, 2.05) is 12.4 Å². The number of anilines is 1. The molecular weight excluding hydrogens is 384 g/mol. The summed E-state index contributed by atoms with van der Waals surface area (Å²) in [7, 11) is -1.76. The Hall–Kier alpha value is -0.600. The van der Waals surface area contributed by atoms with Crippen molar-refractivity contribution in [2.45, 2.75) is 10.8 Å². The van der Waals surface area contributed by atoms with Crippen molar-refractivity contribution in [2.75, 3.05) is 11.8 Å². The Morgan fingerprint density at radius 3 is 2.75 bits per heavy atom. The summed E-state index contributed by atoms with van der Waals surface area (Å²) in [6, 6.07) is 6.56. The summed E-state index contributed by atoms with van der Waals surface area (Å²) in [5, 5.41) is 5.25. The summed E-state index contributed by atoms with van der Waals surface area (Å²) in [6.07, 6.45) is 0. The molecule has 2 N–H and O–H groups in total. The molecule has 0 spiro atoms. The van der Waals surface area contributed by atoms with Crippen molar-refractivity contribution >= 4 is 54.6 Å². The van der Waals surface area contributed by atoms with Gasteiger partial charge >= 0.3 is 0 Å². The Balaban J connectivity index is 2.23. The van der Waals surface area contributed by atoms with Crippen LogP contribution in [0.25, 0.3) is 0 Å². The molecule has 20 heavy (non-hydrogen) atoms. The van der Waals surface area contributed by atoms with Gasteiger partial charge < -0.3 is 5.32 Å². The molecule has 0 saturated heterocycles. The van der Waals surface area contributed by atoms with Gasteiger partial charge in [-0.25, -0.2) is 8.42 Å². The summed E-state index contributed by atoms with van der Waals surface area (Å²) in [5.74, 6) is 0. The molecular formula is C12H12BrClN2O2S2. The van der Waals surface area contributed by atoms with E-state index in [1.165, 1.54) is 11.3 Å². The van der Waals surface area contributed by atoms with E-state index in [1.54, 1.807) is 24.3 Å². The molecule has 0 aliphatic carbocycles. The number of hydrogen-bond acceptors (Lipinski definition) is 4. The highest BCUT2D eigenvalue weighted by Crippen LogP contribution is 2.28. The van der Waals surface area contributed by atoms with E-state index in [0.29, 0.717) is 17.3 Å². The van der Waals surface area contributed by atoms with E-state index in [0.717, 1.165) is 10.0 Å². The van der Waals surface area contributed by atoms with Crippen molar-refractivity contribution in [1.29, 1.82) is 0 Å². The fourth-order valence-electron chi connectivity index (χ4n) is 1.56. The number of hydrogen-bond donors (Lipinski definition) is 2. The molecule has 1 aromatic heterocycles. The Labute approximate surface area is 135 Å². The van der Waals surface area contributed by atoms with Crippen LogP contribution in [0.5, 0.6) is 0 Å². The molecule has 0 bridgehead atoms. The molecule has 0 amide bonds. The van der Waals surface area contributed by atoms with Crippen LogP contribution in [0.1, 0.15) is 5.56 Å². The van der Waals surface area contributed by atoms with Gasteiger partial charge in [0.05, 0.1) is 10.7 Å². The predicted octanol–water partition coefficient (Wildman–Crippen LogP) is 3.68. The van der Waals surface area contributed by atoms with Crippen LogP contribution in [0, 0.1) is 0 Å². The molecule has 0 aliphatic rings. The topological polar surface area (TPSA) is 58.2 Å². The second-order valence-electron chi connectivity index (χ2n) is 4.04. The van der Waals surface area contributed by atoms with Gasteiger partial charge in [0.15, 0.2) is 0 Å². The van der Waals surface area contributed by atoms with E-state index in [-0.39, 0.29) is 4.21 Å². The smallest absolute Gasteiger partial charge is 0.271 e. The number of thiophene rings is 1. The first-order valence-corrected chi connectivity index (χ1v) is 9.15. The van der Waals surface area contributed by atoms with Gasteiger partial charge in [-0.1, -0.05) is 11.6 Å². The quantitative estimate of drug-likeness (QED) is 0.812. The van der Waals surface area contributed by atoms with Crippen molar-refractivity contribution in [2.24, 2.45) is 0 Å². The molecule has 2 aromatic rings. The van der Waals surface area contributed by atoms with Gasteiger partial charge in [0.1, 0.15) is 4.21 Å². The number of sulfonamides is 1. The lowest BCUT2D eigenvalue weighted by Crippen LogP contribution is -2.11. The maximum Gasteiger partial charge on any atom is 0.271 e. The molecule has 0 radical (unpaired) electrons. The maximum atomic E-state index is 12.2. The first-order valence-electron chi connectivity index (χ1n) is 5.62. The van der Waals surface area contributed by atoms with Crippen molar-refractivity contribution in [3.63, 3.8) is 0 Å². The van der Waals surface area contributed by atoms with Gasteiger partial charge in [-0.2, -0.15) is 0 Å². The summed E-state index contributed by atoms with van der Waals surface area (Å²) >= 11 is 10.4. The van der Waals surface area contributed by atoms with E-state index < -0.39 is 10.0 Å². The van der Waals surface area contributed by atoms with Crippen LogP contribution in [-0.2, 0) is 16.6 Å². The highest BCUT2D eigenvalue weighted by Gasteiger charge is 2.17. The molecule has 8 heteroatoms. The van der Waals surface area contributed by atoms with Crippen molar-refractivity contribution in [3.8, 4) is 0 Å². The summed E-state index contributed by atoms with van der Waals surface area (Å²) < 4.78 is 28.0. The number of halogens is 2. The first-order chi connectivity index (χ1) is 9.42. The van der Waals surface area contributed by atoms with E-state index in [2.05, 4.69) is 26.0 Å². The van der Waals surface area contributed by atoms with Crippen molar-refractivity contribution < 1.29 is 8.42 Å². The molecule has 0 aliphatic heterocycles. The zero-order chi connectivity index (χ0) is 14.8. The third-order valence-corrected chi connectivity index (χ3v) is 6.55. The monoisotopic (exact) mass is 394 g/mol. The second kappa shape index (κ2) is 6.44. The van der Waals surface area contributed by atoms with Gasteiger partial charge in [0.2, 0.25) is 0 Å². The minimum Gasteiger partial charge on any atom is -0.316 e. The van der Waals surface area contributed by atoms with Gasteiger partial charge in [0.25, 0.3) is 10.0 Å². The molecule has 0 unspecified atom stereocenters. The molecule has 2 rings (SSSR count). The number of benzene rings is 1. The minimum atomic E-state index is -3.57. The molecule has 1 aromatic carbocycles. The minimum absolute atomic E-state index is 0.279. The largest absolute Gasteiger partial charge is 0.316 e. The summed E-state index contributed by atoms with van der Waals surface area (Å²) in [6.45, 7) is 0.635. The van der Waals surface area contributed by atoms with Crippen LogP contribution in [0.2, 0.25) is 5.02 Å². The highest BCUT2D eigenvalue weighted by molar-refractivity contribution is 9.10. The average molecular weight is 396 g/mol. The molecule has 108 valence electrons. The lowest BCUT2D eigenvalue weighted by atomic mass is 10.3. The Bertz CT molecular complexity index is 716. The van der Waals surface area contributed by atoms with Gasteiger partial charge in [-0.3, -0.25) is 4.72 Å². The lowest BCUT2D eigenvalue weighted by molar-refractivity contribution is 0.603. The second-order valence-corrected chi connectivity index (χ2v) is 8.12. The van der Waals surface area contributed by atoms with E-state index in [4.69, 9.17) is 11.6 Å². The fourth-order valence-corrected chi connectivity index (χ4v) is 4.24. The van der Waals surface area contributed by atoms with Crippen molar-refractivity contribution in [1.82, 2.24) is 5.32 Å². The van der Waals surface area contributed by atoms with Gasteiger partial charge in [-0.15, -0.1) is 11.3 Å². The van der Waals surface area contributed by atoms with Crippen LogP contribution < -0.4 is 10.0 Å². The predicted molar refractivity (Wildman–Crippen MR) is 87.0 cm³/mol.